The number of ketones is 1. The molecule has 1 saturated heterocycles. The molecule has 2 heterocycles. The molecule has 1 N–H and O–H groups in total. The summed E-state index contributed by atoms with van der Waals surface area (Å²) in [7, 11) is 0. The minimum atomic E-state index is 0.182. The van der Waals surface area contributed by atoms with Crippen molar-refractivity contribution in [3.05, 3.63) is 21.9 Å². The molecule has 0 spiro atoms. The van der Waals surface area contributed by atoms with Crippen molar-refractivity contribution in [3.8, 4) is 0 Å². The minimum absolute atomic E-state index is 0.182. The highest BCUT2D eigenvalue weighted by Crippen LogP contribution is 2.30. The largest absolute Gasteiger partial charge is 0.317 e. The van der Waals surface area contributed by atoms with Crippen molar-refractivity contribution in [2.45, 2.75) is 91.9 Å². The van der Waals surface area contributed by atoms with E-state index in [0.29, 0.717) is 5.92 Å². The van der Waals surface area contributed by atoms with Gasteiger partial charge in [-0.25, -0.2) is 0 Å². The maximum atomic E-state index is 11.1. The van der Waals surface area contributed by atoms with Gasteiger partial charge < -0.3 is 5.32 Å². The van der Waals surface area contributed by atoms with Crippen LogP contribution in [-0.4, -0.2) is 18.9 Å². The highest BCUT2D eigenvalue weighted by Gasteiger charge is 2.17. The molecular formula is C23H41NOS. The third kappa shape index (κ3) is 8.81. The molecule has 1 aromatic rings. The number of carbonyl (C=O) groups excluding carboxylic acids is 1. The van der Waals surface area contributed by atoms with Gasteiger partial charge in [0.2, 0.25) is 0 Å². The van der Waals surface area contributed by atoms with E-state index in [1.165, 1.54) is 56.2 Å². The van der Waals surface area contributed by atoms with Gasteiger partial charge in [-0.3, -0.25) is 4.79 Å². The van der Waals surface area contributed by atoms with Crippen LogP contribution in [-0.2, 0) is 0 Å². The highest BCUT2D eigenvalue weighted by atomic mass is 32.1. The molecule has 0 aliphatic carbocycles. The lowest BCUT2D eigenvalue weighted by Crippen LogP contribution is -2.26. The Labute approximate surface area is 166 Å². The van der Waals surface area contributed by atoms with Gasteiger partial charge in [-0.2, -0.15) is 0 Å². The van der Waals surface area contributed by atoms with E-state index in [2.05, 4.69) is 39.1 Å². The fourth-order valence-electron chi connectivity index (χ4n) is 3.48. The third-order valence-electron chi connectivity index (χ3n) is 5.77. The summed E-state index contributed by atoms with van der Waals surface area (Å²) < 4.78 is 0. The van der Waals surface area contributed by atoms with E-state index in [-0.39, 0.29) is 5.78 Å². The Morgan fingerprint density at radius 3 is 2.08 bits per heavy atom. The number of carbonyl (C=O) groups is 1. The summed E-state index contributed by atoms with van der Waals surface area (Å²) in [4.78, 5) is 12.5. The van der Waals surface area contributed by atoms with Gasteiger partial charge in [0, 0.05) is 15.8 Å². The van der Waals surface area contributed by atoms with E-state index in [1.54, 1.807) is 18.3 Å². The van der Waals surface area contributed by atoms with Crippen LogP contribution in [0.5, 0.6) is 0 Å². The van der Waals surface area contributed by atoms with Gasteiger partial charge in [0.15, 0.2) is 5.78 Å². The van der Waals surface area contributed by atoms with Crippen molar-refractivity contribution >= 4 is 17.1 Å². The van der Waals surface area contributed by atoms with Crippen LogP contribution in [0.4, 0.5) is 0 Å². The second kappa shape index (κ2) is 13.5. The quantitative estimate of drug-likeness (QED) is 0.465. The molecule has 1 aliphatic rings. The van der Waals surface area contributed by atoms with Crippen LogP contribution in [0, 0.1) is 11.8 Å². The van der Waals surface area contributed by atoms with E-state index < -0.39 is 0 Å². The van der Waals surface area contributed by atoms with Crippen LogP contribution in [0.2, 0.25) is 0 Å². The topological polar surface area (TPSA) is 29.1 Å². The van der Waals surface area contributed by atoms with E-state index in [4.69, 9.17) is 0 Å². The monoisotopic (exact) mass is 379 g/mol. The SMILES string of the molecule is CC(=O)c1csc(C2CCNCC2)c1.CCCCC(C)C(C)CCCC. The molecule has 150 valence electrons. The first-order valence-corrected chi connectivity index (χ1v) is 11.7. The molecule has 2 unspecified atom stereocenters. The van der Waals surface area contributed by atoms with E-state index in [9.17, 15) is 4.79 Å². The molecule has 0 radical (unpaired) electrons. The van der Waals surface area contributed by atoms with Crippen LogP contribution >= 0.6 is 11.3 Å². The van der Waals surface area contributed by atoms with Gasteiger partial charge in [-0.05, 0) is 56.7 Å². The predicted octanol–water partition coefficient (Wildman–Crippen LogP) is 7.06. The van der Waals surface area contributed by atoms with Gasteiger partial charge >= 0.3 is 0 Å². The molecule has 1 aliphatic heterocycles. The fourth-order valence-corrected chi connectivity index (χ4v) is 4.60. The molecule has 0 bridgehead atoms. The molecule has 1 fully saturated rings. The van der Waals surface area contributed by atoms with Gasteiger partial charge in [-0.15, -0.1) is 11.3 Å². The van der Waals surface area contributed by atoms with Crippen molar-refractivity contribution < 1.29 is 4.79 Å². The number of unbranched alkanes of at least 4 members (excludes halogenated alkanes) is 2. The molecule has 2 nitrogen and oxygen atoms in total. The molecule has 0 amide bonds. The van der Waals surface area contributed by atoms with Crippen molar-refractivity contribution in [2.24, 2.45) is 11.8 Å². The summed E-state index contributed by atoms with van der Waals surface area (Å²) in [5.74, 6) is 2.74. The van der Waals surface area contributed by atoms with Crippen molar-refractivity contribution in [3.63, 3.8) is 0 Å². The Morgan fingerprint density at radius 2 is 1.65 bits per heavy atom. The zero-order valence-corrected chi connectivity index (χ0v) is 18.6. The number of rotatable bonds is 9. The van der Waals surface area contributed by atoms with Crippen LogP contribution < -0.4 is 5.32 Å². The Morgan fingerprint density at radius 1 is 1.12 bits per heavy atom. The number of hydrogen-bond donors (Lipinski definition) is 1. The normalized spacial score (nSPS) is 17.3. The molecule has 3 heteroatoms. The number of hydrogen-bond acceptors (Lipinski definition) is 3. The summed E-state index contributed by atoms with van der Waals surface area (Å²) in [5, 5.41) is 5.34. The zero-order chi connectivity index (χ0) is 19.4. The van der Waals surface area contributed by atoms with Crippen LogP contribution in [0.15, 0.2) is 11.4 Å². The van der Waals surface area contributed by atoms with Crippen molar-refractivity contribution in [1.29, 1.82) is 0 Å². The first-order chi connectivity index (χ1) is 12.5. The van der Waals surface area contributed by atoms with Crippen LogP contribution in [0.3, 0.4) is 0 Å². The second-order valence-corrected chi connectivity index (χ2v) is 9.00. The predicted molar refractivity (Wildman–Crippen MR) is 117 cm³/mol. The lowest BCUT2D eigenvalue weighted by molar-refractivity contribution is 0.101. The molecule has 26 heavy (non-hydrogen) atoms. The molecule has 2 rings (SSSR count). The Hall–Kier alpha value is -0.670. The first kappa shape index (κ1) is 23.4. The van der Waals surface area contributed by atoms with Gasteiger partial charge in [0.1, 0.15) is 0 Å². The summed E-state index contributed by atoms with van der Waals surface area (Å²) >= 11 is 1.74. The van der Waals surface area contributed by atoms with Crippen molar-refractivity contribution in [2.75, 3.05) is 13.1 Å². The average Bonchev–Trinajstić information content (AvgIpc) is 3.16. The maximum Gasteiger partial charge on any atom is 0.160 e. The third-order valence-corrected chi connectivity index (χ3v) is 6.86. The minimum Gasteiger partial charge on any atom is -0.317 e. The lowest BCUT2D eigenvalue weighted by Gasteiger charge is -2.21. The summed E-state index contributed by atoms with van der Waals surface area (Å²) in [6, 6.07) is 2.07. The lowest BCUT2D eigenvalue weighted by atomic mass is 9.87. The highest BCUT2D eigenvalue weighted by molar-refractivity contribution is 7.10. The molecule has 1 aromatic heterocycles. The second-order valence-electron chi connectivity index (χ2n) is 8.06. The Bertz CT molecular complexity index is 478. The van der Waals surface area contributed by atoms with Gasteiger partial charge in [0.05, 0.1) is 0 Å². The van der Waals surface area contributed by atoms with Crippen LogP contribution in [0.25, 0.3) is 0 Å². The van der Waals surface area contributed by atoms with E-state index in [0.717, 1.165) is 30.5 Å². The molecular weight excluding hydrogens is 338 g/mol. The first-order valence-electron chi connectivity index (χ1n) is 10.8. The Kier molecular flexibility index (Phi) is 12.1. The van der Waals surface area contributed by atoms with E-state index >= 15 is 0 Å². The van der Waals surface area contributed by atoms with Gasteiger partial charge in [0.25, 0.3) is 0 Å². The number of thiophene rings is 1. The smallest absolute Gasteiger partial charge is 0.160 e. The standard InChI is InChI=1S/C12H26.C11H15NOS/c1-5-7-9-11(3)12(4)10-8-6-2;1-8(13)10-6-11(14-7-10)9-2-4-12-5-3-9/h11-12H,5-10H2,1-4H3;6-7,9,12H,2-5H2,1H3. The summed E-state index contributed by atoms with van der Waals surface area (Å²) in [6.45, 7) is 13.2. The summed E-state index contributed by atoms with van der Waals surface area (Å²) in [5.41, 5.74) is 0.878. The van der Waals surface area contributed by atoms with Crippen molar-refractivity contribution in [1.82, 2.24) is 5.32 Å². The zero-order valence-electron chi connectivity index (χ0n) is 17.8. The van der Waals surface area contributed by atoms with Crippen LogP contribution in [0.1, 0.15) is 107 Å². The average molecular weight is 380 g/mol. The number of Topliss-reactive ketones (excluding diaryl/α,β-unsaturated/α-hetero) is 1. The molecule has 0 aromatic carbocycles. The number of piperidine rings is 1. The Balaban J connectivity index is 0.000000265. The maximum absolute atomic E-state index is 11.1. The van der Waals surface area contributed by atoms with E-state index in [1.807, 2.05) is 5.38 Å². The summed E-state index contributed by atoms with van der Waals surface area (Å²) in [6.07, 6.45) is 10.8. The fraction of sp³-hybridized carbons (Fsp3) is 0.783. The molecule has 2 atom stereocenters. The number of nitrogens with one attached hydrogen (secondary N) is 1. The van der Waals surface area contributed by atoms with Gasteiger partial charge in [-0.1, -0.05) is 66.2 Å². The molecule has 0 saturated carbocycles.